The molecule has 34 heavy (non-hydrogen) atoms. The van der Waals surface area contributed by atoms with E-state index in [2.05, 4.69) is 16.9 Å². The number of aromatic nitrogens is 1. The first-order valence-corrected chi connectivity index (χ1v) is 11.2. The quantitative estimate of drug-likeness (QED) is 0.538. The van der Waals surface area contributed by atoms with Gasteiger partial charge in [-0.3, -0.25) is 4.79 Å². The van der Waals surface area contributed by atoms with Gasteiger partial charge in [0.1, 0.15) is 11.9 Å². The van der Waals surface area contributed by atoms with E-state index in [1.807, 2.05) is 0 Å². The van der Waals surface area contributed by atoms with Gasteiger partial charge < -0.3 is 24.3 Å². The maximum Gasteiger partial charge on any atom is 0.394 e. The van der Waals surface area contributed by atoms with Crippen LogP contribution in [0.5, 0.6) is 11.8 Å². The average molecular weight is 501 g/mol. The highest BCUT2D eigenvalue weighted by Gasteiger charge is 2.40. The molecule has 1 aliphatic heterocycles. The number of halogens is 4. The summed E-state index contributed by atoms with van der Waals surface area (Å²) in [6, 6.07) is 4.85. The van der Waals surface area contributed by atoms with E-state index >= 15 is 0 Å². The van der Waals surface area contributed by atoms with Crippen LogP contribution in [-0.2, 0) is 4.79 Å². The molecule has 1 fully saturated rings. The predicted molar refractivity (Wildman–Crippen MR) is 116 cm³/mol. The SMILES string of the molecule is C=C(CCNC(=O)[C@@H]1C[C@@H](O)c2cc(Cl)ccc2O1)c1cnc(OC2CC(CC(F)(F)F)C2)o1. The van der Waals surface area contributed by atoms with Crippen LogP contribution in [0.4, 0.5) is 13.2 Å². The summed E-state index contributed by atoms with van der Waals surface area (Å²) < 4.78 is 53.8. The number of nitrogens with one attached hydrogen (secondary N) is 1. The zero-order valence-corrected chi connectivity index (χ0v) is 18.9. The minimum Gasteiger partial charge on any atom is -0.480 e. The summed E-state index contributed by atoms with van der Waals surface area (Å²) in [5.74, 6) is -0.0189. The molecule has 4 rings (SSSR count). The van der Waals surface area contributed by atoms with Gasteiger partial charge in [0.25, 0.3) is 5.91 Å². The summed E-state index contributed by atoms with van der Waals surface area (Å²) in [5, 5.41) is 13.5. The van der Waals surface area contributed by atoms with Crippen LogP contribution in [-0.4, -0.2) is 40.9 Å². The number of ether oxygens (including phenoxy) is 2. The first-order valence-electron chi connectivity index (χ1n) is 10.9. The van der Waals surface area contributed by atoms with E-state index in [0.717, 1.165) is 0 Å². The Morgan fingerprint density at radius 2 is 2.09 bits per heavy atom. The second-order valence-electron chi connectivity index (χ2n) is 8.57. The van der Waals surface area contributed by atoms with E-state index in [1.54, 1.807) is 18.2 Å². The molecule has 1 aromatic carbocycles. The van der Waals surface area contributed by atoms with Crippen molar-refractivity contribution in [2.75, 3.05) is 6.54 Å². The summed E-state index contributed by atoms with van der Waals surface area (Å²) in [6.45, 7) is 4.16. The molecule has 2 atom stereocenters. The Bertz CT molecular complexity index is 1050. The lowest BCUT2D eigenvalue weighted by Gasteiger charge is -2.34. The van der Waals surface area contributed by atoms with E-state index in [4.69, 9.17) is 25.5 Å². The number of hydrogen-bond donors (Lipinski definition) is 2. The van der Waals surface area contributed by atoms with Crippen LogP contribution in [0.3, 0.4) is 0 Å². The van der Waals surface area contributed by atoms with E-state index in [9.17, 15) is 23.1 Å². The second kappa shape index (κ2) is 9.87. The van der Waals surface area contributed by atoms with Crippen LogP contribution in [0, 0.1) is 5.92 Å². The summed E-state index contributed by atoms with van der Waals surface area (Å²) in [7, 11) is 0. The molecule has 2 aliphatic rings. The number of nitrogens with zero attached hydrogens (tertiary/aromatic N) is 1. The van der Waals surface area contributed by atoms with Gasteiger partial charge in [0.05, 0.1) is 12.3 Å². The van der Waals surface area contributed by atoms with Crippen molar-refractivity contribution in [1.29, 1.82) is 0 Å². The second-order valence-corrected chi connectivity index (χ2v) is 9.01. The molecule has 2 N–H and O–H groups in total. The molecule has 0 bridgehead atoms. The van der Waals surface area contributed by atoms with Crippen LogP contribution >= 0.6 is 11.6 Å². The van der Waals surface area contributed by atoms with Gasteiger partial charge in [0.15, 0.2) is 11.9 Å². The van der Waals surface area contributed by atoms with Crippen LogP contribution < -0.4 is 14.8 Å². The van der Waals surface area contributed by atoms with Gasteiger partial charge >= 0.3 is 12.3 Å². The van der Waals surface area contributed by atoms with Crippen molar-refractivity contribution < 1.29 is 37.0 Å². The Morgan fingerprint density at radius 1 is 1.32 bits per heavy atom. The minimum atomic E-state index is -4.17. The number of rotatable bonds is 8. The molecular formula is C23H24ClF3N2O5. The molecule has 0 radical (unpaired) electrons. The molecule has 11 heteroatoms. The molecule has 2 aromatic rings. The van der Waals surface area contributed by atoms with Crippen molar-refractivity contribution in [1.82, 2.24) is 10.3 Å². The molecule has 0 unspecified atom stereocenters. The number of fused-ring (bicyclic) bond motifs is 1. The molecule has 0 saturated heterocycles. The lowest BCUT2D eigenvalue weighted by Crippen LogP contribution is -2.41. The van der Waals surface area contributed by atoms with Gasteiger partial charge in [-0.15, -0.1) is 0 Å². The Balaban J connectivity index is 1.19. The highest BCUT2D eigenvalue weighted by molar-refractivity contribution is 6.30. The molecular weight excluding hydrogens is 477 g/mol. The van der Waals surface area contributed by atoms with Crippen molar-refractivity contribution in [2.45, 2.75) is 56.6 Å². The van der Waals surface area contributed by atoms with Crippen molar-refractivity contribution in [3.63, 3.8) is 0 Å². The fourth-order valence-electron chi connectivity index (χ4n) is 4.04. The highest BCUT2D eigenvalue weighted by atomic mass is 35.5. The molecule has 1 amide bonds. The van der Waals surface area contributed by atoms with E-state index < -0.39 is 30.7 Å². The number of aliphatic hydroxyl groups is 1. The summed E-state index contributed by atoms with van der Waals surface area (Å²) >= 11 is 5.94. The number of hydrogen-bond acceptors (Lipinski definition) is 6. The number of carbonyl (C=O) groups is 1. The maximum atomic E-state index is 12.5. The molecule has 1 aliphatic carbocycles. The predicted octanol–water partition coefficient (Wildman–Crippen LogP) is 4.84. The molecule has 1 aromatic heterocycles. The number of carbonyl (C=O) groups excluding carboxylic acids is 1. The zero-order chi connectivity index (χ0) is 24.5. The fourth-order valence-corrected chi connectivity index (χ4v) is 4.22. The standard InChI is InChI=1S/C23H24ClF3N2O5/c1-12(20-11-29-22(34-20)32-15-6-13(7-15)10-23(25,26)27)4-5-28-21(31)19-9-17(30)16-8-14(24)2-3-18(16)33-19/h2-3,8,11,13,15,17,19,30H,1,4-7,9-10H2,(H,28,31)/t13?,15?,17-,19+/m1/s1. The van der Waals surface area contributed by atoms with Crippen molar-refractivity contribution >= 4 is 23.1 Å². The fraction of sp³-hybridized carbons (Fsp3) is 0.478. The summed E-state index contributed by atoms with van der Waals surface area (Å²) in [5.41, 5.74) is 1.11. The molecule has 0 spiro atoms. The third kappa shape index (κ3) is 6.04. The van der Waals surface area contributed by atoms with Crippen LogP contribution in [0.1, 0.15) is 49.5 Å². The first-order chi connectivity index (χ1) is 16.1. The zero-order valence-electron chi connectivity index (χ0n) is 18.1. The van der Waals surface area contributed by atoms with Crippen molar-refractivity contribution in [3.05, 3.63) is 47.3 Å². The first kappa shape index (κ1) is 24.4. The number of benzene rings is 1. The average Bonchev–Trinajstić information content (AvgIpc) is 3.20. The topological polar surface area (TPSA) is 93.8 Å². The maximum absolute atomic E-state index is 12.5. The third-order valence-electron chi connectivity index (χ3n) is 5.87. The Kier molecular flexibility index (Phi) is 7.09. The van der Waals surface area contributed by atoms with Gasteiger partial charge in [0.2, 0.25) is 0 Å². The molecule has 2 heterocycles. The smallest absolute Gasteiger partial charge is 0.394 e. The number of oxazole rings is 1. The highest BCUT2D eigenvalue weighted by Crippen LogP contribution is 2.39. The van der Waals surface area contributed by atoms with Gasteiger partial charge in [-0.05, 0) is 49.0 Å². The lowest BCUT2D eigenvalue weighted by molar-refractivity contribution is -0.156. The summed E-state index contributed by atoms with van der Waals surface area (Å²) in [4.78, 5) is 16.5. The monoisotopic (exact) mass is 500 g/mol. The number of amides is 1. The Morgan fingerprint density at radius 3 is 2.82 bits per heavy atom. The number of aliphatic hydroxyl groups excluding tert-OH is 1. The van der Waals surface area contributed by atoms with Gasteiger partial charge in [0, 0.05) is 30.0 Å². The van der Waals surface area contributed by atoms with Gasteiger partial charge in [-0.25, -0.2) is 0 Å². The number of alkyl halides is 3. The Hall–Kier alpha value is -2.72. The van der Waals surface area contributed by atoms with E-state index in [0.29, 0.717) is 46.9 Å². The van der Waals surface area contributed by atoms with Crippen molar-refractivity contribution in [3.8, 4) is 11.8 Å². The van der Waals surface area contributed by atoms with Crippen LogP contribution in [0.15, 0.2) is 35.4 Å². The van der Waals surface area contributed by atoms with Crippen molar-refractivity contribution in [2.24, 2.45) is 5.92 Å². The Labute approximate surface area is 198 Å². The third-order valence-corrected chi connectivity index (χ3v) is 6.10. The van der Waals surface area contributed by atoms with Gasteiger partial charge in [-0.2, -0.15) is 18.2 Å². The van der Waals surface area contributed by atoms with E-state index in [1.165, 1.54) is 6.20 Å². The summed E-state index contributed by atoms with van der Waals surface area (Å²) in [6.07, 6.45) is -4.54. The minimum absolute atomic E-state index is 0.0148. The van der Waals surface area contributed by atoms with Crippen LogP contribution in [0.2, 0.25) is 5.02 Å². The largest absolute Gasteiger partial charge is 0.480 e. The normalized spacial score (nSPS) is 23.9. The molecule has 184 valence electrons. The van der Waals surface area contributed by atoms with Crippen LogP contribution in [0.25, 0.3) is 5.57 Å². The lowest BCUT2D eigenvalue weighted by atomic mass is 9.80. The van der Waals surface area contributed by atoms with E-state index in [-0.39, 0.29) is 31.1 Å². The molecule has 7 nitrogen and oxygen atoms in total. The van der Waals surface area contributed by atoms with Gasteiger partial charge in [-0.1, -0.05) is 18.2 Å². The molecule has 1 saturated carbocycles.